The molecule has 15 heteroatoms. The molecule has 1 aromatic rings. The lowest BCUT2D eigenvalue weighted by Crippen LogP contribution is -2.53. The smallest absolute Gasteiger partial charge is 0.341 e. The number of amides is 2. The van der Waals surface area contributed by atoms with E-state index in [0.717, 1.165) is 0 Å². The highest BCUT2D eigenvalue weighted by molar-refractivity contribution is 6.39. The number of nitrogens with one attached hydrogen (secondary N) is 2. The first-order valence-corrected chi connectivity index (χ1v) is 12.8. The maximum atomic E-state index is 13.1. The Morgan fingerprint density at radius 2 is 1.68 bits per heavy atom. The van der Waals surface area contributed by atoms with Gasteiger partial charge in [0.2, 0.25) is 11.5 Å². The van der Waals surface area contributed by atoms with Crippen LogP contribution < -0.4 is 10.6 Å². The molecule has 0 saturated carbocycles. The van der Waals surface area contributed by atoms with Crippen molar-refractivity contribution in [1.29, 1.82) is 0 Å². The molecule has 0 aliphatic carbocycles. The fourth-order valence-electron chi connectivity index (χ4n) is 3.69. The van der Waals surface area contributed by atoms with Crippen LogP contribution in [0.3, 0.4) is 0 Å². The number of esters is 1. The van der Waals surface area contributed by atoms with E-state index in [4.69, 9.17) is 37.9 Å². The number of hydrogen-bond acceptors (Lipinski definition) is 9. The Morgan fingerprint density at radius 3 is 2.23 bits per heavy atom. The number of ether oxygens (including phenoxy) is 1. The average molecular weight is 602 g/mol. The topological polar surface area (TPSA) is 198 Å². The number of benzene rings is 1. The van der Waals surface area contributed by atoms with Gasteiger partial charge in [-0.2, -0.15) is 0 Å². The van der Waals surface area contributed by atoms with Crippen LogP contribution in [-0.4, -0.2) is 75.7 Å². The maximum absolute atomic E-state index is 13.1. The number of Topliss-reactive ketones (excluding diaryl/α,β-unsaturated/α-hetero) is 1. The van der Waals surface area contributed by atoms with Crippen LogP contribution in [0.5, 0.6) is 0 Å². The van der Waals surface area contributed by atoms with Gasteiger partial charge in [0.15, 0.2) is 12.4 Å². The van der Waals surface area contributed by atoms with Gasteiger partial charge in [-0.3, -0.25) is 24.0 Å². The Kier molecular flexibility index (Phi) is 11.4. The van der Waals surface area contributed by atoms with E-state index in [1.165, 1.54) is 25.1 Å². The number of carboxylic acid groups (broad SMARTS) is 2. The lowest BCUT2D eigenvalue weighted by atomic mass is 9.90. The zero-order valence-corrected chi connectivity index (χ0v) is 23.4. The summed E-state index contributed by atoms with van der Waals surface area (Å²) < 4.78 is 4.96. The zero-order chi connectivity index (χ0) is 30.2. The average Bonchev–Trinajstić information content (AvgIpc) is 3.26. The Balaban J connectivity index is 2.07. The highest BCUT2D eigenvalue weighted by Gasteiger charge is 2.45. The summed E-state index contributed by atoms with van der Waals surface area (Å²) in [5, 5.41) is 26.9. The fourth-order valence-corrected chi connectivity index (χ4v) is 4.24. The Bertz CT molecular complexity index is 1200. The molecule has 0 spiro atoms. The molecular formula is C25H29Cl2N3O10. The molecule has 1 aliphatic rings. The third-order valence-electron chi connectivity index (χ3n) is 5.86. The van der Waals surface area contributed by atoms with E-state index in [1.54, 1.807) is 13.8 Å². The van der Waals surface area contributed by atoms with E-state index in [9.17, 15) is 33.9 Å². The van der Waals surface area contributed by atoms with Gasteiger partial charge in [0, 0.05) is 12.8 Å². The maximum Gasteiger partial charge on any atom is 0.341 e. The molecular weight excluding hydrogens is 573 g/mol. The van der Waals surface area contributed by atoms with Crippen LogP contribution >= 0.6 is 23.2 Å². The number of carboxylic acids is 2. The molecule has 0 bridgehead atoms. The molecule has 0 radical (unpaired) electrons. The molecule has 0 fully saturated rings. The van der Waals surface area contributed by atoms with Gasteiger partial charge in [-0.15, -0.1) is 0 Å². The van der Waals surface area contributed by atoms with Gasteiger partial charge in [0.05, 0.1) is 40.2 Å². The molecule has 3 atom stereocenters. The van der Waals surface area contributed by atoms with E-state index >= 15 is 0 Å². The van der Waals surface area contributed by atoms with Crippen LogP contribution in [0, 0.1) is 5.92 Å². The number of nitrogens with zero attached hydrogens (tertiary/aromatic N) is 1. The van der Waals surface area contributed by atoms with Crippen LogP contribution in [0.4, 0.5) is 0 Å². The van der Waals surface area contributed by atoms with Crippen molar-refractivity contribution in [3.63, 3.8) is 0 Å². The summed E-state index contributed by atoms with van der Waals surface area (Å²) in [5.41, 5.74) is -1.54. The number of carbonyl (C=O) groups is 6. The van der Waals surface area contributed by atoms with Crippen LogP contribution in [0.2, 0.25) is 10.0 Å². The third kappa shape index (κ3) is 8.91. The first-order valence-electron chi connectivity index (χ1n) is 12.1. The van der Waals surface area contributed by atoms with E-state index in [-0.39, 0.29) is 40.8 Å². The van der Waals surface area contributed by atoms with Gasteiger partial charge in [-0.25, -0.2) is 4.79 Å². The molecule has 1 aromatic carbocycles. The second kappa shape index (κ2) is 14.1. The summed E-state index contributed by atoms with van der Waals surface area (Å²) in [6.07, 6.45) is -1.54. The molecule has 2 amide bonds. The second-order valence-electron chi connectivity index (χ2n) is 9.53. The minimum Gasteiger partial charge on any atom is -0.481 e. The molecule has 2 rings (SSSR count). The van der Waals surface area contributed by atoms with Crippen LogP contribution in [-0.2, 0) is 33.5 Å². The Hall–Kier alpha value is -3.71. The number of hydrogen-bond donors (Lipinski definition) is 4. The van der Waals surface area contributed by atoms with Crippen molar-refractivity contribution in [2.24, 2.45) is 11.1 Å². The van der Waals surface area contributed by atoms with Crippen LogP contribution in [0.15, 0.2) is 23.4 Å². The minimum absolute atomic E-state index is 0.0137. The number of aliphatic carboxylic acids is 2. The molecule has 0 aromatic heterocycles. The lowest BCUT2D eigenvalue weighted by Gasteiger charge is -2.25. The van der Waals surface area contributed by atoms with Crippen LogP contribution in [0.25, 0.3) is 0 Å². The predicted molar refractivity (Wildman–Crippen MR) is 141 cm³/mol. The first kappa shape index (κ1) is 32.5. The molecule has 1 heterocycles. The van der Waals surface area contributed by atoms with E-state index in [0.29, 0.717) is 5.71 Å². The van der Waals surface area contributed by atoms with Crippen molar-refractivity contribution in [2.45, 2.75) is 64.1 Å². The van der Waals surface area contributed by atoms with E-state index in [2.05, 4.69) is 15.8 Å². The second-order valence-corrected chi connectivity index (χ2v) is 10.3. The zero-order valence-electron chi connectivity index (χ0n) is 21.9. The van der Waals surface area contributed by atoms with Gasteiger partial charge < -0.3 is 30.4 Å². The van der Waals surface area contributed by atoms with Gasteiger partial charge >= 0.3 is 17.9 Å². The number of ketones is 1. The molecule has 1 unspecified atom stereocenters. The number of rotatable bonds is 14. The molecule has 13 nitrogen and oxygen atoms in total. The van der Waals surface area contributed by atoms with Gasteiger partial charge in [0.25, 0.3) is 5.91 Å². The molecule has 218 valence electrons. The van der Waals surface area contributed by atoms with Crippen molar-refractivity contribution < 1.29 is 48.6 Å². The number of halogens is 2. The summed E-state index contributed by atoms with van der Waals surface area (Å²) >= 11 is 11.9. The van der Waals surface area contributed by atoms with Crippen molar-refractivity contribution in [3.8, 4) is 0 Å². The third-order valence-corrected chi connectivity index (χ3v) is 6.49. The van der Waals surface area contributed by atoms with Crippen molar-refractivity contribution >= 4 is 64.4 Å². The summed E-state index contributed by atoms with van der Waals surface area (Å²) in [6.45, 7) is 4.04. The largest absolute Gasteiger partial charge is 0.481 e. The van der Waals surface area contributed by atoms with Crippen molar-refractivity contribution in [3.05, 3.63) is 33.8 Å². The molecule has 40 heavy (non-hydrogen) atoms. The van der Waals surface area contributed by atoms with E-state index in [1.807, 2.05) is 0 Å². The summed E-state index contributed by atoms with van der Waals surface area (Å²) in [5.74, 6) is -6.07. The Labute approximate surface area is 239 Å². The van der Waals surface area contributed by atoms with Crippen LogP contribution in [0.1, 0.15) is 56.8 Å². The lowest BCUT2D eigenvalue weighted by molar-refractivity contribution is -0.146. The minimum atomic E-state index is -1.66. The number of carbonyl (C=O) groups excluding carboxylic acids is 4. The summed E-state index contributed by atoms with van der Waals surface area (Å²) in [6, 6.07) is 2.03. The SMILES string of the molecule is CC(C)[C@H](NC(=O)CCC(=O)O)C1=NOC(C)(C(=O)N[C@@H](CC(=O)O)C(=O)COC(=O)c2c(Cl)cccc2Cl)C1. The quantitative estimate of drug-likeness (QED) is 0.229. The predicted octanol–water partition coefficient (Wildman–Crippen LogP) is 2.22. The standard InChI is InChI=1S/C25H29Cl2N3O10/c1-12(2)22(29-18(32)7-8-19(33)34)16-10-25(3,40-30-16)24(38)28-15(9-20(35)36)17(31)11-39-23(37)21-13(26)5-4-6-14(21)27/h4-6,12,15,22H,7-11H2,1-3H3,(H,28,38)(H,29,32)(H,33,34)(H,35,36)/t15-,22-,25?/m0/s1. The summed E-state index contributed by atoms with van der Waals surface area (Å²) in [4.78, 5) is 77.9. The fraction of sp³-hybridized carbons (Fsp3) is 0.480. The van der Waals surface area contributed by atoms with Crippen molar-refractivity contribution in [2.75, 3.05) is 6.61 Å². The molecule has 0 saturated heterocycles. The summed E-state index contributed by atoms with van der Waals surface area (Å²) in [7, 11) is 0. The molecule has 1 aliphatic heterocycles. The van der Waals surface area contributed by atoms with Crippen molar-refractivity contribution in [1.82, 2.24) is 10.6 Å². The highest BCUT2D eigenvalue weighted by atomic mass is 35.5. The van der Waals surface area contributed by atoms with Gasteiger partial charge in [-0.1, -0.05) is 48.3 Å². The number of oxime groups is 1. The van der Waals surface area contributed by atoms with Gasteiger partial charge in [-0.05, 0) is 25.0 Å². The van der Waals surface area contributed by atoms with Gasteiger partial charge in [0.1, 0.15) is 6.04 Å². The van der Waals surface area contributed by atoms with E-state index < -0.39 is 66.2 Å². The first-order chi connectivity index (χ1) is 18.6. The Morgan fingerprint density at radius 1 is 1.05 bits per heavy atom. The highest BCUT2D eigenvalue weighted by Crippen LogP contribution is 2.28. The monoisotopic (exact) mass is 601 g/mol. The normalized spacial score (nSPS) is 17.7. The molecule has 4 N–H and O–H groups in total.